The van der Waals surface area contributed by atoms with Crippen molar-refractivity contribution in [2.24, 2.45) is 5.73 Å². The molecule has 1 aliphatic rings. The Kier molecular flexibility index (Phi) is 5.95. The summed E-state index contributed by atoms with van der Waals surface area (Å²) in [4.78, 5) is 0. The van der Waals surface area contributed by atoms with E-state index in [0.717, 1.165) is 11.1 Å². The maximum absolute atomic E-state index is 13.1. The Morgan fingerprint density at radius 2 is 1.93 bits per heavy atom. The summed E-state index contributed by atoms with van der Waals surface area (Å²) in [7, 11) is -3.56. The van der Waals surface area contributed by atoms with Gasteiger partial charge in [-0.15, -0.1) is 0 Å². The van der Waals surface area contributed by atoms with E-state index in [2.05, 4.69) is 0 Å². The van der Waals surface area contributed by atoms with Crippen LogP contribution in [0.1, 0.15) is 12.5 Å². The molecule has 28 heavy (non-hydrogen) atoms. The number of rotatable bonds is 6. The Balaban J connectivity index is 2.14. The van der Waals surface area contributed by atoms with Crippen molar-refractivity contribution in [1.29, 1.82) is 0 Å². The number of quaternary nitrogens is 1. The maximum atomic E-state index is 13.1. The molecule has 2 aromatic carbocycles. The molecular weight excluding hydrogens is 396 g/mol. The Labute approximate surface area is 171 Å². The summed E-state index contributed by atoms with van der Waals surface area (Å²) in [5.74, 6) is 1.25. The zero-order chi connectivity index (χ0) is 20.4. The predicted molar refractivity (Wildman–Crippen MR) is 115 cm³/mol. The van der Waals surface area contributed by atoms with Crippen LogP contribution in [-0.4, -0.2) is 27.3 Å². The Hall–Kier alpha value is -2.12. The van der Waals surface area contributed by atoms with E-state index < -0.39 is 10.0 Å². The molecule has 148 valence electrons. The third-order valence-electron chi connectivity index (χ3n) is 4.80. The molecule has 7 heteroatoms. The van der Waals surface area contributed by atoms with E-state index in [1.165, 1.54) is 0 Å². The van der Waals surface area contributed by atoms with Crippen molar-refractivity contribution in [1.82, 2.24) is 3.89 Å². The molecule has 1 aliphatic heterocycles. The molecule has 0 radical (unpaired) electrons. The third-order valence-corrected chi connectivity index (χ3v) is 7.28. The SMILES string of the molecule is CCS(=O)(=O)[N+]1(c2cc(C)c(Oc3ccccc3)cc2Cl)C=C(CN)C=CC1. The minimum Gasteiger partial charge on any atom is -0.457 e. The summed E-state index contributed by atoms with van der Waals surface area (Å²) in [6.45, 7) is 4.02. The van der Waals surface area contributed by atoms with Crippen LogP contribution in [0.3, 0.4) is 0 Å². The predicted octanol–water partition coefficient (Wildman–Crippen LogP) is 4.51. The van der Waals surface area contributed by atoms with Crippen LogP contribution in [0, 0.1) is 6.92 Å². The molecule has 3 rings (SSSR count). The molecule has 2 aromatic rings. The Bertz CT molecular complexity index is 1030. The maximum Gasteiger partial charge on any atom is 0.306 e. The van der Waals surface area contributed by atoms with Gasteiger partial charge < -0.3 is 10.5 Å². The van der Waals surface area contributed by atoms with E-state index in [9.17, 15) is 8.42 Å². The van der Waals surface area contributed by atoms with Crippen LogP contribution in [0.25, 0.3) is 0 Å². The highest BCUT2D eigenvalue weighted by atomic mass is 35.5. The molecule has 1 atom stereocenters. The lowest BCUT2D eigenvalue weighted by Gasteiger charge is -2.35. The molecule has 0 spiro atoms. The van der Waals surface area contributed by atoms with E-state index in [1.807, 2.05) is 49.4 Å². The largest absolute Gasteiger partial charge is 0.457 e. The van der Waals surface area contributed by atoms with Gasteiger partial charge in [0.1, 0.15) is 29.3 Å². The number of ether oxygens (including phenoxy) is 1. The second-order valence-electron chi connectivity index (χ2n) is 6.64. The standard InChI is InChI=1S/C21H24ClN2O3S/c1-3-28(25,26)24(11-7-8-17(14-23)15-24)20-12-16(2)21(13-19(20)22)27-18-9-5-4-6-10-18/h4-10,12-13,15H,3,11,14,23H2,1-2H3/q+1. The first kappa shape index (κ1) is 20.6. The summed E-state index contributed by atoms with van der Waals surface area (Å²) in [5.41, 5.74) is 7.83. The monoisotopic (exact) mass is 419 g/mol. The minimum atomic E-state index is -3.56. The van der Waals surface area contributed by atoms with Crippen molar-refractivity contribution in [3.63, 3.8) is 0 Å². The number of nitrogens with two attached hydrogens (primary N) is 1. The smallest absolute Gasteiger partial charge is 0.306 e. The second kappa shape index (κ2) is 8.09. The molecule has 0 aliphatic carbocycles. The van der Waals surface area contributed by atoms with Crippen LogP contribution < -0.4 is 14.4 Å². The van der Waals surface area contributed by atoms with E-state index in [0.29, 0.717) is 22.2 Å². The number of para-hydroxylation sites is 1. The lowest BCUT2D eigenvalue weighted by molar-refractivity contribution is 0.477. The first-order valence-electron chi connectivity index (χ1n) is 9.05. The zero-order valence-corrected chi connectivity index (χ0v) is 17.5. The fourth-order valence-corrected chi connectivity index (χ4v) is 5.13. The van der Waals surface area contributed by atoms with Crippen LogP contribution >= 0.6 is 11.6 Å². The van der Waals surface area contributed by atoms with E-state index in [4.69, 9.17) is 22.1 Å². The van der Waals surface area contributed by atoms with E-state index in [-0.39, 0.29) is 22.7 Å². The summed E-state index contributed by atoms with van der Waals surface area (Å²) in [6.07, 6.45) is 5.38. The van der Waals surface area contributed by atoms with Crippen LogP contribution in [-0.2, 0) is 10.0 Å². The summed E-state index contributed by atoms with van der Waals surface area (Å²) >= 11 is 6.60. The molecular formula is C21H24ClN2O3S+. The Morgan fingerprint density at radius 1 is 1.21 bits per heavy atom. The quantitative estimate of drug-likeness (QED) is 0.699. The van der Waals surface area contributed by atoms with Gasteiger partial charge in [0, 0.05) is 24.3 Å². The Morgan fingerprint density at radius 3 is 2.57 bits per heavy atom. The highest BCUT2D eigenvalue weighted by Crippen LogP contribution is 2.42. The highest BCUT2D eigenvalue weighted by Gasteiger charge is 2.44. The van der Waals surface area contributed by atoms with Crippen LogP contribution in [0.15, 0.2) is 66.4 Å². The fourth-order valence-electron chi connectivity index (χ4n) is 3.25. The molecule has 1 heterocycles. The number of nitrogens with zero attached hydrogens (tertiary/aromatic N) is 1. The van der Waals surface area contributed by atoms with Crippen molar-refractivity contribution in [3.05, 3.63) is 77.0 Å². The first-order valence-corrected chi connectivity index (χ1v) is 11.0. The number of sulfonamides is 1. The summed E-state index contributed by atoms with van der Waals surface area (Å²) in [6, 6.07) is 12.8. The zero-order valence-electron chi connectivity index (χ0n) is 15.9. The molecule has 0 saturated heterocycles. The lowest BCUT2D eigenvalue weighted by atomic mass is 10.1. The minimum absolute atomic E-state index is 0.0210. The van der Waals surface area contributed by atoms with Crippen molar-refractivity contribution >= 4 is 27.3 Å². The van der Waals surface area contributed by atoms with Gasteiger partial charge in [-0.2, -0.15) is 12.3 Å². The molecule has 0 saturated carbocycles. The van der Waals surface area contributed by atoms with Gasteiger partial charge in [0.25, 0.3) is 0 Å². The number of halogens is 1. The molecule has 2 N–H and O–H groups in total. The van der Waals surface area contributed by atoms with Crippen molar-refractivity contribution < 1.29 is 13.2 Å². The van der Waals surface area contributed by atoms with Gasteiger partial charge in [0.05, 0.1) is 5.75 Å². The number of aryl methyl sites for hydroxylation is 1. The third kappa shape index (κ3) is 3.73. The number of hydrogen-bond donors (Lipinski definition) is 1. The van der Waals surface area contributed by atoms with Gasteiger partial charge in [0.15, 0.2) is 5.69 Å². The van der Waals surface area contributed by atoms with Crippen LogP contribution in [0.5, 0.6) is 11.5 Å². The first-order chi connectivity index (χ1) is 13.3. The van der Waals surface area contributed by atoms with Gasteiger partial charge in [-0.25, -0.2) is 0 Å². The van der Waals surface area contributed by atoms with Crippen LogP contribution in [0.2, 0.25) is 5.02 Å². The summed E-state index contributed by atoms with van der Waals surface area (Å²) < 4.78 is 31.8. The molecule has 0 amide bonds. The second-order valence-corrected chi connectivity index (χ2v) is 9.44. The van der Waals surface area contributed by atoms with Crippen molar-refractivity contribution in [2.75, 3.05) is 18.8 Å². The molecule has 1 unspecified atom stereocenters. The van der Waals surface area contributed by atoms with Gasteiger partial charge in [0.2, 0.25) is 0 Å². The summed E-state index contributed by atoms with van der Waals surface area (Å²) in [5, 5.41) is 0.330. The van der Waals surface area contributed by atoms with Crippen LogP contribution in [0.4, 0.5) is 5.69 Å². The van der Waals surface area contributed by atoms with Gasteiger partial charge in [-0.1, -0.05) is 35.9 Å². The van der Waals surface area contributed by atoms with Gasteiger partial charge >= 0.3 is 10.0 Å². The highest BCUT2D eigenvalue weighted by molar-refractivity contribution is 7.91. The molecule has 5 nitrogen and oxygen atoms in total. The van der Waals surface area contributed by atoms with Gasteiger partial charge in [-0.3, -0.25) is 0 Å². The molecule has 0 aromatic heterocycles. The van der Waals surface area contributed by atoms with Crippen molar-refractivity contribution in [3.8, 4) is 11.5 Å². The topological polar surface area (TPSA) is 69.4 Å². The average Bonchev–Trinajstić information content (AvgIpc) is 2.71. The van der Waals surface area contributed by atoms with Crippen molar-refractivity contribution in [2.45, 2.75) is 13.8 Å². The normalized spacial score (nSPS) is 19.4. The molecule has 0 bridgehead atoms. The van der Waals surface area contributed by atoms with Gasteiger partial charge in [-0.05, 0) is 37.6 Å². The molecule has 0 fully saturated rings. The number of benzene rings is 2. The fraction of sp³-hybridized carbons (Fsp3) is 0.238. The lowest BCUT2D eigenvalue weighted by Crippen LogP contribution is -2.52. The van der Waals surface area contributed by atoms with E-state index >= 15 is 0 Å². The average molecular weight is 420 g/mol. The van der Waals surface area contributed by atoms with E-state index in [1.54, 1.807) is 25.3 Å². The number of hydrogen-bond acceptors (Lipinski definition) is 4.